The number of benzene rings is 1. The van der Waals surface area contributed by atoms with Gasteiger partial charge in [-0.1, -0.05) is 18.5 Å². The van der Waals surface area contributed by atoms with Gasteiger partial charge in [-0.3, -0.25) is 9.59 Å². The number of esters is 1. The molecule has 0 spiro atoms. The van der Waals surface area contributed by atoms with Crippen molar-refractivity contribution in [3.8, 4) is 11.4 Å². The molecule has 0 radical (unpaired) electrons. The Morgan fingerprint density at radius 1 is 1.31 bits per heavy atom. The third kappa shape index (κ3) is 3.82. The number of nitrogens with one attached hydrogen (secondary N) is 1. The van der Waals surface area contributed by atoms with E-state index in [2.05, 4.69) is 5.32 Å². The average molecular weight is 552 g/mol. The summed E-state index contributed by atoms with van der Waals surface area (Å²) in [7, 11) is 0. The summed E-state index contributed by atoms with van der Waals surface area (Å²) in [4.78, 5) is 44.1. The Bertz CT molecular complexity index is 1640. The third-order valence-corrected chi connectivity index (χ3v) is 8.65. The number of pyridine rings is 2. The fourth-order valence-electron chi connectivity index (χ4n) is 6.18. The van der Waals surface area contributed by atoms with Gasteiger partial charge in [0.15, 0.2) is 5.60 Å². The number of nitrogens with zero attached hydrogens (tertiary/aromatic N) is 2. The van der Waals surface area contributed by atoms with Gasteiger partial charge >= 0.3 is 5.97 Å². The molecule has 0 bridgehead atoms. The lowest BCUT2D eigenvalue weighted by Gasteiger charge is -2.31. The van der Waals surface area contributed by atoms with E-state index >= 15 is 0 Å². The second kappa shape index (κ2) is 9.15. The lowest BCUT2D eigenvalue weighted by Crippen LogP contribution is -2.44. The summed E-state index contributed by atoms with van der Waals surface area (Å²) in [6.07, 6.45) is 1.37. The van der Waals surface area contributed by atoms with Gasteiger partial charge in [0.2, 0.25) is 5.91 Å². The number of aryl methyl sites for hydroxylation is 1. The van der Waals surface area contributed by atoms with Crippen molar-refractivity contribution >= 4 is 34.4 Å². The number of fused-ring (bicyclic) bond motifs is 5. The molecule has 2 aliphatic heterocycles. The largest absolute Gasteiger partial charge is 0.458 e. The summed E-state index contributed by atoms with van der Waals surface area (Å²) < 4.78 is 12.3. The second-order valence-corrected chi connectivity index (χ2v) is 11.2. The fraction of sp³-hybridized carbons (Fsp3) is 0.448. The highest BCUT2D eigenvalue weighted by atomic mass is 35.5. The molecule has 10 heteroatoms. The van der Waals surface area contributed by atoms with E-state index in [1.807, 2.05) is 26.8 Å². The zero-order valence-corrected chi connectivity index (χ0v) is 23.1. The molecule has 2 aromatic heterocycles. The van der Waals surface area contributed by atoms with Gasteiger partial charge < -0.3 is 24.5 Å². The zero-order valence-electron chi connectivity index (χ0n) is 22.3. The van der Waals surface area contributed by atoms with E-state index in [-0.39, 0.29) is 60.9 Å². The van der Waals surface area contributed by atoms with Crippen LogP contribution in [-0.4, -0.2) is 39.2 Å². The lowest BCUT2D eigenvalue weighted by atomic mass is 9.81. The Morgan fingerprint density at radius 2 is 2.08 bits per heavy atom. The van der Waals surface area contributed by atoms with Crippen LogP contribution in [0.4, 0.5) is 0 Å². The highest BCUT2D eigenvalue weighted by molar-refractivity contribution is 6.32. The maximum Gasteiger partial charge on any atom is 0.343 e. The van der Waals surface area contributed by atoms with E-state index in [4.69, 9.17) is 26.1 Å². The molecule has 0 unspecified atom stereocenters. The molecule has 1 aliphatic carbocycles. The number of carbonyl (C=O) groups excluding carboxylic acids is 2. The van der Waals surface area contributed by atoms with Crippen LogP contribution in [0.25, 0.3) is 22.3 Å². The second-order valence-electron chi connectivity index (χ2n) is 10.8. The van der Waals surface area contributed by atoms with Gasteiger partial charge in [0.1, 0.15) is 13.2 Å². The number of aliphatic hydroxyl groups is 1. The van der Waals surface area contributed by atoms with Crippen LogP contribution in [0.15, 0.2) is 16.9 Å². The molecule has 2 atom stereocenters. The first-order chi connectivity index (χ1) is 18.5. The van der Waals surface area contributed by atoms with E-state index < -0.39 is 11.6 Å². The Morgan fingerprint density at radius 3 is 2.79 bits per heavy atom. The SMILES string of the molecule is CC[C@@]1(O)C(=O)OCc2c1cc1n(c2=O)Cc2c-1nc1cc(Cl)c(C)c3c1c2[C@@H](NC(=O)COC(C)C)CC3. The number of rotatable bonds is 5. The number of cyclic esters (lactones) is 1. The molecule has 1 amide bonds. The number of hydrogen-bond donors (Lipinski definition) is 2. The monoisotopic (exact) mass is 551 g/mol. The molecule has 39 heavy (non-hydrogen) atoms. The van der Waals surface area contributed by atoms with E-state index in [0.29, 0.717) is 28.3 Å². The van der Waals surface area contributed by atoms with Crippen LogP contribution in [-0.2, 0) is 44.2 Å². The number of halogens is 1. The molecule has 6 rings (SSSR count). The molecule has 0 saturated carbocycles. The van der Waals surface area contributed by atoms with Crippen molar-refractivity contribution in [3.05, 3.63) is 60.9 Å². The molecule has 9 nitrogen and oxygen atoms in total. The van der Waals surface area contributed by atoms with Crippen molar-refractivity contribution in [2.75, 3.05) is 6.61 Å². The molecular weight excluding hydrogens is 522 g/mol. The number of hydrogen-bond acceptors (Lipinski definition) is 7. The lowest BCUT2D eigenvalue weighted by molar-refractivity contribution is -0.172. The van der Waals surface area contributed by atoms with Crippen molar-refractivity contribution in [1.82, 2.24) is 14.9 Å². The van der Waals surface area contributed by atoms with Crippen LogP contribution in [0.5, 0.6) is 0 Å². The summed E-state index contributed by atoms with van der Waals surface area (Å²) >= 11 is 6.62. The first kappa shape index (κ1) is 26.0. The summed E-state index contributed by atoms with van der Waals surface area (Å²) in [5.74, 6) is -0.978. The number of carbonyl (C=O) groups is 2. The standard InChI is InChI=1S/C29H30ClN3O6/c1-5-29(37)18-8-22-26-16(10-33(22)27(35)17(18)11-39-28(29)36)25-20(31-23(34)12-38-13(2)3)7-6-15-14(4)19(30)9-21(32-26)24(15)25/h8-9,13,20,37H,5-7,10-12H2,1-4H3,(H,31,34)/t20-,29-/m0/s1. The molecule has 4 heterocycles. The van der Waals surface area contributed by atoms with E-state index in [9.17, 15) is 19.5 Å². The van der Waals surface area contributed by atoms with Gasteiger partial charge in [0, 0.05) is 21.5 Å². The molecule has 0 fully saturated rings. The minimum atomic E-state index is -1.91. The van der Waals surface area contributed by atoms with Crippen molar-refractivity contribution in [3.63, 3.8) is 0 Å². The van der Waals surface area contributed by atoms with Crippen molar-refractivity contribution in [2.45, 2.75) is 77.9 Å². The highest BCUT2D eigenvalue weighted by Crippen LogP contribution is 2.46. The number of amides is 1. The molecular formula is C29H30ClN3O6. The first-order valence-corrected chi connectivity index (χ1v) is 13.7. The van der Waals surface area contributed by atoms with Crippen LogP contribution >= 0.6 is 11.6 Å². The third-order valence-electron chi connectivity index (χ3n) is 8.26. The van der Waals surface area contributed by atoms with Gasteiger partial charge in [-0.05, 0) is 68.9 Å². The molecule has 1 aromatic carbocycles. The van der Waals surface area contributed by atoms with Crippen molar-refractivity contribution in [1.29, 1.82) is 0 Å². The molecule has 0 saturated heterocycles. The Labute approximate surface area is 230 Å². The fourth-order valence-corrected chi connectivity index (χ4v) is 6.39. The highest BCUT2D eigenvalue weighted by Gasteiger charge is 2.46. The quantitative estimate of drug-likeness (QED) is 0.364. The van der Waals surface area contributed by atoms with E-state index in [1.165, 1.54) is 0 Å². The maximum absolute atomic E-state index is 13.7. The summed E-state index contributed by atoms with van der Waals surface area (Å²) in [6, 6.07) is 3.21. The maximum atomic E-state index is 13.7. The molecule has 2 N–H and O–H groups in total. The van der Waals surface area contributed by atoms with E-state index in [0.717, 1.165) is 34.1 Å². The first-order valence-electron chi connectivity index (χ1n) is 13.3. The van der Waals surface area contributed by atoms with Gasteiger partial charge in [0.25, 0.3) is 5.56 Å². The smallest absolute Gasteiger partial charge is 0.343 e. The van der Waals surface area contributed by atoms with Gasteiger partial charge in [-0.15, -0.1) is 0 Å². The van der Waals surface area contributed by atoms with Crippen LogP contribution in [0.1, 0.15) is 73.0 Å². The molecule has 204 valence electrons. The normalized spacial score (nSPS) is 21.0. The van der Waals surface area contributed by atoms with Crippen LogP contribution in [0, 0.1) is 6.92 Å². The van der Waals surface area contributed by atoms with E-state index in [1.54, 1.807) is 17.6 Å². The van der Waals surface area contributed by atoms with Gasteiger partial charge in [-0.2, -0.15) is 0 Å². The molecule has 3 aromatic rings. The Balaban J connectivity index is 1.57. The van der Waals surface area contributed by atoms with Crippen LogP contribution in [0.2, 0.25) is 5.02 Å². The zero-order chi connectivity index (χ0) is 27.8. The predicted molar refractivity (Wildman–Crippen MR) is 145 cm³/mol. The Hall–Kier alpha value is -3.27. The summed E-state index contributed by atoms with van der Waals surface area (Å²) in [6.45, 7) is 7.43. The molecule has 3 aliphatic rings. The van der Waals surface area contributed by atoms with Crippen molar-refractivity contribution in [2.24, 2.45) is 0 Å². The number of aromatic nitrogens is 2. The topological polar surface area (TPSA) is 120 Å². The predicted octanol–water partition coefficient (Wildman–Crippen LogP) is 3.57. The summed E-state index contributed by atoms with van der Waals surface area (Å²) in [5.41, 5.74) is 3.91. The number of ether oxygens (including phenoxy) is 2. The minimum Gasteiger partial charge on any atom is -0.458 e. The van der Waals surface area contributed by atoms with Crippen molar-refractivity contribution < 1.29 is 24.2 Å². The van der Waals surface area contributed by atoms with Crippen LogP contribution < -0.4 is 10.9 Å². The summed E-state index contributed by atoms with van der Waals surface area (Å²) in [5, 5.41) is 15.9. The average Bonchev–Trinajstić information content (AvgIpc) is 3.27. The Kier molecular flexibility index (Phi) is 6.09. The van der Waals surface area contributed by atoms with Gasteiger partial charge in [0.05, 0.1) is 41.2 Å². The van der Waals surface area contributed by atoms with Gasteiger partial charge in [-0.25, -0.2) is 9.78 Å². The minimum absolute atomic E-state index is 0.0485. The van der Waals surface area contributed by atoms with Crippen LogP contribution in [0.3, 0.4) is 0 Å².